The maximum Gasteiger partial charge on any atom is 0.329 e. The van der Waals surface area contributed by atoms with Crippen molar-refractivity contribution in [3.63, 3.8) is 0 Å². The number of hydrazone groups is 1. The molecule has 0 aliphatic heterocycles. The van der Waals surface area contributed by atoms with E-state index in [1.54, 1.807) is 34.9 Å². The summed E-state index contributed by atoms with van der Waals surface area (Å²) in [6, 6.07) is 12.5. The average Bonchev–Trinajstić information content (AvgIpc) is 3.08. The van der Waals surface area contributed by atoms with E-state index in [1.165, 1.54) is 36.0 Å². The number of para-hydroxylation sites is 1. The van der Waals surface area contributed by atoms with Crippen LogP contribution in [0.3, 0.4) is 0 Å². The van der Waals surface area contributed by atoms with Crippen molar-refractivity contribution < 1.29 is 9.50 Å². The molecule has 0 unspecified atom stereocenters. The summed E-state index contributed by atoms with van der Waals surface area (Å²) >= 11 is 0. The number of imidazole rings is 1. The summed E-state index contributed by atoms with van der Waals surface area (Å²) in [6.07, 6.45) is 1.40. The quantitative estimate of drug-likeness (QED) is 0.344. The highest BCUT2D eigenvalue weighted by atomic mass is 19.1. The van der Waals surface area contributed by atoms with Gasteiger partial charge in [0.1, 0.15) is 11.6 Å². The Labute approximate surface area is 168 Å². The third-order valence-electron chi connectivity index (χ3n) is 4.57. The Morgan fingerprint density at radius 3 is 2.67 bits per heavy atom. The molecule has 4 aromatic rings. The van der Waals surface area contributed by atoms with Gasteiger partial charge < -0.3 is 5.11 Å². The lowest BCUT2D eigenvalue weighted by Gasteiger charge is -2.08. The minimum atomic E-state index is -0.597. The first-order chi connectivity index (χ1) is 14.4. The molecule has 4 rings (SSSR count). The number of nitrogens with zero attached hydrogens (tertiary/aromatic N) is 4. The number of halogens is 1. The van der Waals surface area contributed by atoms with Crippen LogP contribution in [0.5, 0.6) is 5.75 Å². The Kier molecular flexibility index (Phi) is 4.88. The number of aromatic amines is 1. The van der Waals surface area contributed by atoms with Crippen molar-refractivity contribution in [3.05, 3.63) is 86.3 Å². The Balaban J connectivity index is 1.79. The number of anilines is 1. The molecule has 0 atom stereocenters. The van der Waals surface area contributed by atoms with Crippen molar-refractivity contribution >= 4 is 23.3 Å². The number of aromatic hydroxyl groups is 1. The zero-order valence-electron chi connectivity index (χ0n) is 15.8. The van der Waals surface area contributed by atoms with Crippen molar-refractivity contribution in [3.8, 4) is 5.75 Å². The van der Waals surface area contributed by atoms with Gasteiger partial charge in [0.05, 0.1) is 12.8 Å². The molecule has 152 valence electrons. The molecule has 0 spiro atoms. The van der Waals surface area contributed by atoms with Crippen molar-refractivity contribution in [1.82, 2.24) is 19.1 Å². The van der Waals surface area contributed by atoms with Gasteiger partial charge in [0, 0.05) is 12.6 Å². The van der Waals surface area contributed by atoms with Gasteiger partial charge in [0.25, 0.3) is 5.56 Å². The fourth-order valence-corrected chi connectivity index (χ4v) is 3.00. The molecule has 0 saturated carbocycles. The molecule has 0 aliphatic rings. The predicted octanol–water partition coefficient (Wildman–Crippen LogP) is 1.76. The van der Waals surface area contributed by atoms with Crippen LogP contribution < -0.4 is 16.7 Å². The minimum absolute atomic E-state index is 0.0571. The Morgan fingerprint density at radius 1 is 1.20 bits per heavy atom. The highest BCUT2D eigenvalue weighted by molar-refractivity contribution is 5.83. The summed E-state index contributed by atoms with van der Waals surface area (Å²) in [4.78, 5) is 31.0. The Hall–Kier alpha value is -4.21. The van der Waals surface area contributed by atoms with E-state index in [9.17, 15) is 19.1 Å². The van der Waals surface area contributed by atoms with E-state index in [0.29, 0.717) is 5.56 Å². The fraction of sp³-hybridized carbons (Fsp3) is 0.100. The number of phenols is 1. The second-order valence-corrected chi connectivity index (χ2v) is 6.57. The molecule has 10 heteroatoms. The van der Waals surface area contributed by atoms with Crippen molar-refractivity contribution in [1.29, 1.82) is 0 Å². The summed E-state index contributed by atoms with van der Waals surface area (Å²) in [5.74, 6) is -0.116. The molecular weight excluding hydrogens is 391 g/mol. The maximum absolute atomic E-state index is 13.3. The topological polar surface area (TPSA) is 117 Å². The van der Waals surface area contributed by atoms with Crippen LogP contribution >= 0.6 is 0 Å². The number of phenolic OH excluding ortho intramolecular Hbond substituents is 1. The van der Waals surface area contributed by atoms with E-state index in [1.807, 2.05) is 0 Å². The van der Waals surface area contributed by atoms with Crippen LogP contribution in [0.15, 0.2) is 63.2 Å². The first kappa shape index (κ1) is 19.1. The van der Waals surface area contributed by atoms with Crippen molar-refractivity contribution in [2.75, 3.05) is 5.43 Å². The maximum atomic E-state index is 13.3. The van der Waals surface area contributed by atoms with Gasteiger partial charge in [-0.3, -0.25) is 18.9 Å². The second kappa shape index (κ2) is 7.66. The SMILES string of the molecule is Cn1c(=O)[nH]c(=O)c2c1nc(N/N=C/c1ccccc1O)n2Cc1ccc(F)cc1. The monoisotopic (exact) mass is 408 g/mol. The molecule has 0 aliphatic carbocycles. The first-order valence-corrected chi connectivity index (χ1v) is 8.95. The Morgan fingerprint density at radius 2 is 1.93 bits per heavy atom. The second-order valence-electron chi connectivity index (χ2n) is 6.57. The van der Waals surface area contributed by atoms with Gasteiger partial charge >= 0.3 is 5.69 Å². The summed E-state index contributed by atoms with van der Waals surface area (Å²) in [7, 11) is 1.49. The zero-order valence-corrected chi connectivity index (χ0v) is 15.8. The van der Waals surface area contributed by atoms with Crippen LogP contribution in [-0.4, -0.2) is 30.4 Å². The zero-order chi connectivity index (χ0) is 21.3. The van der Waals surface area contributed by atoms with E-state index in [-0.39, 0.29) is 35.2 Å². The lowest BCUT2D eigenvalue weighted by molar-refractivity contribution is 0.474. The number of fused-ring (bicyclic) bond motifs is 1. The molecular formula is C20H17FN6O3. The third kappa shape index (κ3) is 3.58. The standard InChI is InChI=1S/C20H17FN6O3/c1-26-17-16(18(29)24-20(26)30)27(11-12-6-8-14(21)9-7-12)19(23-17)25-22-10-13-4-2-3-5-15(13)28/h2-10,28H,11H2,1H3,(H,23,25)(H,24,29,30)/b22-10+. The number of nitrogens with one attached hydrogen (secondary N) is 2. The molecule has 0 bridgehead atoms. The fourth-order valence-electron chi connectivity index (χ4n) is 3.00. The van der Waals surface area contributed by atoms with E-state index < -0.39 is 11.2 Å². The number of hydrogen-bond donors (Lipinski definition) is 3. The van der Waals surface area contributed by atoms with E-state index in [2.05, 4.69) is 20.5 Å². The average molecular weight is 408 g/mol. The van der Waals surface area contributed by atoms with Crippen LogP contribution in [-0.2, 0) is 13.6 Å². The lowest BCUT2D eigenvalue weighted by atomic mass is 10.2. The first-order valence-electron chi connectivity index (χ1n) is 8.95. The molecule has 30 heavy (non-hydrogen) atoms. The van der Waals surface area contributed by atoms with Crippen LogP contribution in [0.1, 0.15) is 11.1 Å². The van der Waals surface area contributed by atoms with E-state index in [0.717, 1.165) is 5.56 Å². The summed E-state index contributed by atoms with van der Waals surface area (Å²) in [6.45, 7) is 0.187. The highest BCUT2D eigenvalue weighted by Crippen LogP contribution is 2.18. The summed E-state index contributed by atoms with van der Waals surface area (Å²) < 4.78 is 16.0. The van der Waals surface area contributed by atoms with E-state index >= 15 is 0 Å². The van der Waals surface area contributed by atoms with Gasteiger partial charge in [-0.1, -0.05) is 24.3 Å². The molecule has 0 radical (unpaired) electrons. The molecule has 3 N–H and O–H groups in total. The Bertz CT molecular complexity index is 1370. The molecule has 0 amide bonds. The number of aryl methyl sites for hydroxylation is 1. The smallest absolute Gasteiger partial charge is 0.329 e. The highest BCUT2D eigenvalue weighted by Gasteiger charge is 2.17. The van der Waals surface area contributed by atoms with Gasteiger partial charge in [0.2, 0.25) is 5.95 Å². The van der Waals surface area contributed by atoms with Gasteiger partial charge in [-0.15, -0.1) is 0 Å². The number of H-pyrrole nitrogens is 1. The largest absolute Gasteiger partial charge is 0.507 e. The van der Waals surface area contributed by atoms with Gasteiger partial charge in [-0.2, -0.15) is 10.1 Å². The summed E-state index contributed by atoms with van der Waals surface area (Å²) in [5.41, 5.74) is 3.10. The molecule has 2 heterocycles. The van der Waals surface area contributed by atoms with Crippen LogP contribution in [0.4, 0.5) is 10.3 Å². The molecule has 9 nitrogen and oxygen atoms in total. The predicted molar refractivity (Wildman–Crippen MR) is 110 cm³/mol. The van der Waals surface area contributed by atoms with Crippen LogP contribution in [0, 0.1) is 5.82 Å². The third-order valence-corrected chi connectivity index (χ3v) is 4.57. The van der Waals surface area contributed by atoms with E-state index in [4.69, 9.17) is 0 Å². The van der Waals surface area contributed by atoms with Gasteiger partial charge in [0.15, 0.2) is 11.2 Å². The van der Waals surface area contributed by atoms with Crippen molar-refractivity contribution in [2.24, 2.45) is 12.1 Å². The minimum Gasteiger partial charge on any atom is -0.507 e. The van der Waals surface area contributed by atoms with Crippen LogP contribution in [0.25, 0.3) is 11.2 Å². The number of rotatable bonds is 5. The van der Waals surface area contributed by atoms with Gasteiger partial charge in [-0.25, -0.2) is 14.6 Å². The number of benzene rings is 2. The molecule has 0 fully saturated rings. The molecule has 2 aromatic heterocycles. The van der Waals surface area contributed by atoms with Gasteiger partial charge in [-0.05, 0) is 29.8 Å². The number of hydrogen-bond acceptors (Lipinski definition) is 6. The number of aromatic nitrogens is 4. The van der Waals surface area contributed by atoms with Crippen molar-refractivity contribution in [2.45, 2.75) is 6.54 Å². The lowest BCUT2D eigenvalue weighted by Crippen LogP contribution is -2.29. The normalized spacial score (nSPS) is 11.4. The molecule has 2 aromatic carbocycles. The van der Waals surface area contributed by atoms with Crippen LogP contribution in [0.2, 0.25) is 0 Å². The molecule has 0 saturated heterocycles. The summed E-state index contributed by atoms with van der Waals surface area (Å²) in [5, 5.41) is 13.9.